The third-order valence-corrected chi connectivity index (χ3v) is 6.21. The van der Waals surface area contributed by atoms with Gasteiger partial charge in [-0.25, -0.2) is 0 Å². The summed E-state index contributed by atoms with van der Waals surface area (Å²) in [4.78, 5) is 25.7. The molecule has 0 saturated heterocycles. The van der Waals surface area contributed by atoms with Crippen molar-refractivity contribution < 1.29 is 18.7 Å². The van der Waals surface area contributed by atoms with Crippen molar-refractivity contribution in [2.45, 2.75) is 39.7 Å². The van der Waals surface area contributed by atoms with Gasteiger partial charge in [0, 0.05) is 14.1 Å². The summed E-state index contributed by atoms with van der Waals surface area (Å²) in [5, 5.41) is 13.7. The quantitative estimate of drug-likeness (QED) is 0.353. The van der Waals surface area contributed by atoms with E-state index >= 15 is 0 Å². The van der Waals surface area contributed by atoms with E-state index in [2.05, 4.69) is 46.8 Å². The van der Waals surface area contributed by atoms with Crippen LogP contribution in [0.15, 0.2) is 53.2 Å². The van der Waals surface area contributed by atoms with Gasteiger partial charge >= 0.3 is 0 Å². The number of carbonyl (C=O) groups excluding carboxylic acids is 2. The normalized spacial score (nSPS) is 11.8. The summed E-state index contributed by atoms with van der Waals surface area (Å²) in [6.45, 7) is 6.37. The molecule has 0 aliphatic carbocycles. The summed E-state index contributed by atoms with van der Waals surface area (Å²) < 4.78 is 14.5. The van der Waals surface area contributed by atoms with E-state index in [1.54, 1.807) is 37.1 Å². The molecule has 0 aliphatic rings. The van der Waals surface area contributed by atoms with Gasteiger partial charge in [-0.15, -0.1) is 0 Å². The van der Waals surface area contributed by atoms with Crippen LogP contribution in [0, 0.1) is 6.92 Å². The van der Waals surface area contributed by atoms with Crippen LogP contribution in [0.5, 0.6) is 5.75 Å². The number of nitrogens with one attached hydrogen (secondary N) is 2. The zero-order valence-electron chi connectivity index (χ0n) is 21.0. The van der Waals surface area contributed by atoms with E-state index in [0.717, 1.165) is 17.9 Å². The SMILES string of the molecule is CCC(C)c1ccc(OCc2ccc(C(=O)Nc3cnn(C)c3C(=O)Nc3cnn(C)c3C)o2)cc1. The Balaban J connectivity index is 1.38. The lowest BCUT2D eigenvalue weighted by Crippen LogP contribution is -2.20. The smallest absolute Gasteiger partial charge is 0.291 e. The number of hydrogen-bond donors (Lipinski definition) is 2. The first-order valence-electron chi connectivity index (χ1n) is 11.7. The van der Waals surface area contributed by atoms with E-state index in [-0.39, 0.29) is 23.7 Å². The maximum Gasteiger partial charge on any atom is 0.291 e. The van der Waals surface area contributed by atoms with Gasteiger partial charge in [-0.2, -0.15) is 10.2 Å². The molecule has 10 heteroatoms. The highest BCUT2D eigenvalue weighted by atomic mass is 16.5. The average molecular weight is 491 g/mol. The lowest BCUT2D eigenvalue weighted by molar-refractivity contribution is 0.0992. The number of aromatic nitrogens is 4. The van der Waals surface area contributed by atoms with Gasteiger partial charge in [0.2, 0.25) is 0 Å². The van der Waals surface area contributed by atoms with Gasteiger partial charge in [0.15, 0.2) is 5.76 Å². The molecular weight excluding hydrogens is 460 g/mol. The van der Waals surface area contributed by atoms with Gasteiger partial charge in [0.05, 0.1) is 29.5 Å². The lowest BCUT2D eigenvalue weighted by Gasteiger charge is -2.10. The number of aryl methyl sites for hydroxylation is 2. The number of ether oxygens (including phenoxy) is 1. The molecule has 2 amide bonds. The first kappa shape index (κ1) is 24.8. The van der Waals surface area contributed by atoms with E-state index in [1.807, 2.05) is 19.1 Å². The Hall–Kier alpha value is -4.34. The molecule has 1 atom stereocenters. The predicted octanol–water partition coefficient (Wildman–Crippen LogP) is 4.65. The van der Waals surface area contributed by atoms with E-state index in [1.165, 1.54) is 16.4 Å². The summed E-state index contributed by atoms with van der Waals surface area (Å²) in [7, 11) is 3.41. The summed E-state index contributed by atoms with van der Waals surface area (Å²) in [5.41, 5.74) is 3.10. The van der Waals surface area contributed by atoms with Gasteiger partial charge in [0.25, 0.3) is 11.8 Å². The van der Waals surface area contributed by atoms with Gasteiger partial charge in [-0.1, -0.05) is 26.0 Å². The molecule has 4 rings (SSSR count). The van der Waals surface area contributed by atoms with Crippen LogP contribution in [0.25, 0.3) is 0 Å². The number of anilines is 2. The average Bonchev–Trinajstić information content (AvgIpc) is 3.58. The number of carbonyl (C=O) groups is 2. The molecule has 0 bridgehead atoms. The Bertz CT molecular complexity index is 1370. The first-order valence-corrected chi connectivity index (χ1v) is 11.7. The topological polar surface area (TPSA) is 116 Å². The van der Waals surface area contributed by atoms with Crippen LogP contribution in [-0.2, 0) is 20.7 Å². The minimum Gasteiger partial charge on any atom is -0.486 e. The molecule has 1 unspecified atom stereocenters. The van der Waals surface area contributed by atoms with Crippen molar-refractivity contribution in [3.8, 4) is 5.75 Å². The Morgan fingerprint density at radius 2 is 1.64 bits per heavy atom. The van der Waals surface area contributed by atoms with Gasteiger partial charge < -0.3 is 19.8 Å². The number of nitrogens with zero attached hydrogens (tertiary/aromatic N) is 4. The standard InChI is InChI=1S/C26H30N6O4/c1-6-16(2)18-7-9-19(10-8-18)35-15-20-11-12-23(36-20)25(33)30-22-14-28-32(5)24(22)26(34)29-21-13-27-31(4)17(21)3/h7-14,16H,6,15H2,1-5H3,(H,29,34)(H,30,33). The van der Waals surface area contributed by atoms with Crippen molar-refractivity contribution in [3.63, 3.8) is 0 Å². The molecule has 0 radical (unpaired) electrons. The van der Waals surface area contributed by atoms with E-state index in [0.29, 0.717) is 17.4 Å². The van der Waals surface area contributed by atoms with E-state index < -0.39 is 11.8 Å². The second kappa shape index (κ2) is 10.5. The van der Waals surface area contributed by atoms with Crippen molar-refractivity contribution >= 4 is 23.2 Å². The van der Waals surface area contributed by atoms with Crippen LogP contribution in [0.1, 0.15) is 64.2 Å². The van der Waals surface area contributed by atoms with Crippen molar-refractivity contribution in [3.05, 3.63) is 77.3 Å². The molecule has 188 valence electrons. The Kier molecular flexibility index (Phi) is 7.23. The maximum absolute atomic E-state index is 12.9. The number of amides is 2. The fraction of sp³-hybridized carbons (Fsp3) is 0.308. The van der Waals surface area contributed by atoms with Crippen molar-refractivity contribution in [2.75, 3.05) is 10.6 Å². The monoisotopic (exact) mass is 490 g/mol. The molecule has 3 aromatic heterocycles. The highest BCUT2D eigenvalue weighted by molar-refractivity contribution is 6.11. The van der Waals surface area contributed by atoms with Crippen LogP contribution in [0.2, 0.25) is 0 Å². The molecule has 0 fully saturated rings. The van der Waals surface area contributed by atoms with Crippen molar-refractivity contribution in [1.29, 1.82) is 0 Å². The Morgan fingerprint density at radius 1 is 0.972 bits per heavy atom. The molecule has 0 spiro atoms. The Labute approximate surface area is 209 Å². The number of rotatable bonds is 9. The summed E-state index contributed by atoms with van der Waals surface area (Å²) in [5.74, 6) is 0.893. The van der Waals surface area contributed by atoms with Crippen LogP contribution in [0.3, 0.4) is 0 Å². The van der Waals surface area contributed by atoms with E-state index in [9.17, 15) is 9.59 Å². The second-order valence-electron chi connectivity index (χ2n) is 8.64. The molecule has 4 aromatic rings. The highest BCUT2D eigenvalue weighted by Crippen LogP contribution is 2.23. The molecule has 10 nitrogen and oxygen atoms in total. The maximum atomic E-state index is 12.9. The molecule has 2 N–H and O–H groups in total. The summed E-state index contributed by atoms with van der Waals surface area (Å²) in [6, 6.07) is 11.2. The minimum absolute atomic E-state index is 0.0963. The third-order valence-electron chi connectivity index (χ3n) is 6.21. The predicted molar refractivity (Wildman–Crippen MR) is 135 cm³/mol. The van der Waals surface area contributed by atoms with Crippen LogP contribution >= 0.6 is 0 Å². The molecular formula is C26H30N6O4. The largest absolute Gasteiger partial charge is 0.486 e. The van der Waals surface area contributed by atoms with E-state index in [4.69, 9.17) is 9.15 Å². The van der Waals surface area contributed by atoms with Gasteiger partial charge in [0.1, 0.15) is 23.8 Å². The fourth-order valence-corrected chi connectivity index (χ4v) is 3.65. The van der Waals surface area contributed by atoms with Crippen LogP contribution in [-0.4, -0.2) is 31.4 Å². The minimum atomic E-state index is -0.501. The zero-order valence-corrected chi connectivity index (χ0v) is 21.0. The number of hydrogen-bond acceptors (Lipinski definition) is 6. The number of furan rings is 1. The highest BCUT2D eigenvalue weighted by Gasteiger charge is 2.22. The lowest BCUT2D eigenvalue weighted by atomic mass is 9.99. The zero-order chi connectivity index (χ0) is 25.8. The molecule has 0 saturated carbocycles. The molecule has 36 heavy (non-hydrogen) atoms. The number of benzene rings is 1. The molecule has 3 heterocycles. The fourth-order valence-electron chi connectivity index (χ4n) is 3.65. The summed E-state index contributed by atoms with van der Waals surface area (Å²) in [6.07, 6.45) is 4.06. The van der Waals surface area contributed by atoms with Crippen LogP contribution in [0.4, 0.5) is 11.4 Å². The van der Waals surface area contributed by atoms with Gasteiger partial charge in [-0.05, 0) is 49.1 Å². The van der Waals surface area contributed by atoms with Crippen LogP contribution < -0.4 is 15.4 Å². The first-order chi connectivity index (χ1) is 17.3. The third kappa shape index (κ3) is 5.32. The van der Waals surface area contributed by atoms with Gasteiger partial charge in [-0.3, -0.25) is 19.0 Å². The second-order valence-corrected chi connectivity index (χ2v) is 8.64. The molecule has 0 aliphatic heterocycles. The molecule has 1 aromatic carbocycles. The van der Waals surface area contributed by atoms with Crippen molar-refractivity contribution in [2.24, 2.45) is 14.1 Å². The van der Waals surface area contributed by atoms with Crippen molar-refractivity contribution in [1.82, 2.24) is 19.6 Å². The Morgan fingerprint density at radius 3 is 2.31 bits per heavy atom. The summed E-state index contributed by atoms with van der Waals surface area (Å²) >= 11 is 0.